The maximum atomic E-state index is 13.6. The molecule has 6 heteroatoms. The van der Waals surface area contributed by atoms with E-state index in [9.17, 15) is 14.4 Å². The van der Waals surface area contributed by atoms with E-state index in [-0.39, 0.29) is 18.6 Å². The minimum absolute atomic E-state index is 0.0571. The molecule has 1 aromatic carbocycles. The molecule has 2 fully saturated rings. The molecular weight excluding hydrogens is 346 g/mol. The number of carbonyl (C=O) groups is 3. The van der Waals surface area contributed by atoms with Crippen molar-refractivity contribution in [3.05, 3.63) is 35.9 Å². The lowest BCUT2D eigenvalue weighted by molar-refractivity contribution is -0.147. The zero-order valence-electron chi connectivity index (χ0n) is 16.5. The Morgan fingerprint density at radius 2 is 1.78 bits per heavy atom. The minimum atomic E-state index is -0.771. The van der Waals surface area contributed by atoms with Crippen LogP contribution in [0.25, 0.3) is 0 Å². The first-order chi connectivity index (χ1) is 12.6. The van der Waals surface area contributed by atoms with E-state index in [1.165, 1.54) is 4.90 Å². The van der Waals surface area contributed by atoms with Crippen molar-refractivity contribution in [3.63, 3.8) is 0 Å². The van der Waals surface area contributed by atoms with Gasteiger partial charge in [-0.05, 0) is 16.9 Å². The number of nitrogens with zero attached hydrogens (tertiary/aromatic N) is 1. The van der Waals surface area contributed by atoms with Crippen molar-refractivity contribution in [3.8, 4) is 0 Å². The third-order valence-electron chi connectivity index (χ3n) is 5.44. The van der Waals surface area contributed by atoms with Gasteiger partial charge in [0.25, 0.3) is 0 Å². The number of hydrogen-bond donors (Lipinski definition) is 0. The Balaban J connectivity index is 2.04. The molecule has 2 aliphatic heterocycles. The van der Waals surface area contributed by atoms with Gasteiger partial charge in [-0.2, -0.15) is 0 Å². The van der Waals surface area contributed by atoms with Gasteiger partial charge in [0.1, 0.15) is 12.7 Å². The van der Waals surface area contributed by atoms with Crippen molar-refractivity contribution in [1.82, 2.24) is 4.90 Å². The second kappa shape index (κ2) is 6.98. The SMILES string of the molecule is CC(C)[C@H]1COC(=O)N1C(=O)[C@H]1[C@@H](c2ccccc2)OC(=O)[C@@H]1C(C)(C)C. The molecule has 27 heavy (non-hydrogen) atoms. The summed E-state index contributed by atoms with van der Waals surface area (Å²) in [5, 5.41) is 0. The van der Waals surface area contributed by atoms with Gasteiger partial charge in [-0.15, -0.1) is 0 Å². The molecule has 2 aliphatic rings. The van der Waals surface area contributed by atoms with E-state index < -0.39 is 41.3 Å². The second-order valence-corrected chi connectivity index (χ2v) is 8.73. The predicted molar refractivity (Wildman–Crippen MR) is 98.5 cm³/mol. The summed E-state index contributed by atoms with van der Waals surface area (Å²) < 4.78 is 10.8. The summed E-state index contributed by atoms with van der Waals surface area (Å²) in [4.78, 5) is 39.8. The number of ether oxygens (including phenoxy) is 2. The summed E-state index contributed by atoms with van der Waals surface area (Å²) in [5.74, 6) is -2.15. The maximum absolute atomic E-state index is 13.6. The molecular formula is C21H27NO5. The summed E-state index contributed by atoms with van der Waals surface area (Å²) in [5.41, 5.74) is 0.266. The first kappa shape index (κ1) is 19.4. The second-order valence-electron chi connectivity index (χ2n) is 8.73. The Labute approximate surface area is 159 Å². The molecule has 146 valence electrons. The van der Waals surface area contributed by atoms with Crippen LogP contribution in [-0.2, 0) is 19.1 Å². The maximum Gasteiger partial charge on any atom is 0.416 e. The highest BCUT2D eigenvalue weighted by Crippen LogP contribution is 2.48. The zero-order chi connectivity index (χ0) is 19.9. The van der Waals surface area contributed by atoms with Gasteiger partial charge < -0.3 is 9.47 Å². The molecule has 0 bridgehead atoms. The average Bonchev–Trinajstić information content (AvgIpc) is 3.15. The van der Waals surface area contributed by atoms with Gasteiger partial charge in [0.2, 0.25) is 5.91 Å². The third kappa shape index (κ3) is 3.45. The largest absolute Gasteiger partial charge is 0.456 e. The number of cyclic esters (lactones) is 2. The summed E-state index contributed by atoms with van der Waals surface area (Å²) >= 11 is 0. The fourth-order valence-electron chi connectivity index (χ4n) is 4.02. The highest BCUT2D eigenvalue weighted by Gasteiger charge is 2.57. The topological polar surface area (TPSA) is 72.9 Å². The van der Waals surface area contributed by atoms with Crippen molar-refractivity contribution >= 4 is 18.0 Å². The van der Waals surface area contributed by atoms with Gasteiger partial charge in [0.15, 0.2) is 0 Å². The van der Waals surface area contributed by atoms with E-state index in [1.807, 2.05) is 65.0 Å². The van der Waals surface area contributed by atoms with Gasteiger partial charge in [0, 0.05) is 0 Å². The Bertz CT molecular complexity index is 737. The van der Waals surface area contributed by atoms with Crippen molar-refractivity contribution < 1.29 is 23.9 Å². The molecule has 0 spiro atoms. The lowest BCUT2D eigenvalue weighted by atomic mass is 9.71. The Hall–Kier alpha value is -2.37. The number of amides is 2. The van der Waals surface area contributed by atoms with E-state index in [0.717, 1.165) is 5.56 Å². The Kier molecular flexibility index (Phi) is 5.02. The lowest BCUT2D eigenvalue weighted by Gasteiger charge is -2.32. The summed E-state index contributed by atoms with van der Waals surface area (Å²) in [6.45, 7) is 9.80. The van der Waals surface area contributed by atoms with E-state index in [1.54, 1.807) is 0 Å². The van der Waals surface area contributed by atoms with Crippen LogP contribution in [0.1, 0.15) is 46.3 Å². The smallest absolute Gasteiger partial charge is 0.416 e. The van der Waals surface area contributed by atoms with Gasteiger partial charge in [-0.3, -0.25) is 9.59 Å². The molecule has 0 aliphatic carbocycles. The normalized spacial score (nSPS) is 28.4. The number of esters is 1. The van der Waals surface area contributed by atoms with Crippen molar-refractivity contribution in [2.24, 2.45) is 23.2 Å². The fourth-order valence-corrected chi connectivity index (χ4v) is 4.02. The fraction of sp³-hybridized carbons (Fsp3) is 0.571. The van der Waals surface area contributed by atoms with E-state index in [0.29, 0.717) is 0 Å². The van der Waals surface area contributed by atoms with Crippen molar-refractivity contribution in [1.29, 1.82) is 0 Å². The molecule has 2 saturated heterocycles. The first-order valence-electron chi connectivity index (χ1n) is 9.38. The Morgan fingerprint density at radius 1 is 1.15 bits per heavy atom. The molecule has 4 atom stereocenters. The molecule has 0 saturated carbocycles. The summed E-state index contributed by atoms with van der Waals surface area (Å²) in [6.07, 6.45) is -1.35. The molecule has 0 N–H and O–H groups in total. The number of imide groups is 1. The molecule has 1 aromatic rings. The van der Waals surface area contributed by atoms with Gasteiger partial charge in [-0.1, -0.05) is 65.0 Å². The molecule has 0 radical (unpaired) electrons. The Morgan fingerprint density at radius 3 is 2.33 bits per heavy atom. The summed E-state index contributed by atoms with van der Waals surface area (Å²) in [6, 6.07) is 8.90. The van der Waals surface area contributed by atoms with E-state index in [4.69, 9.17) is 9.47 Å². The van der Waals surface area contributed by atoms with Gasteiger partial charge in [0.05, 0.1) is 17.9 Å². The van der Waals surface area contributed by atoms with Crippen LogP contribution < -0.4 is 0 Å². The molecule has 2 heterocycles. The van der Waals surface area contributed by atoms with Crippen LogP contribution >= 0.6 is 0 Å². The molecule has 2 amide bonds. The molecule has 0 unspecified atom stereocenters. The number of hydrogen-bond acceptors (Lipinski definition) is 5. The quantitative estimate of drug-likeness (QED) is 0.758. The number of rotatable bonds is 3. The highest BCUT2D eigenvalue weighted by atomic mass is 16.6. The van der Waals surface area contributed by atoms with E-state index >= 15 is 0 Å². The van der Waals surface area contributed by atoms with E-state index in [2.05, 4.69) is 0 Å². The van der Waals surface area contributed by atoms with Crippen LogP contribution in [0.5, 0.6) is 0 Å². The monoisotopic (exact) mass is 373 g/mol. The predicted octanol–water partition coefficient (Wildman–Crippen LogP) is 3.57. The molecule has 0 aromatic heterocycles. The number of benzene rings is 1. The van der Waals surface area contributed by atoms with Gasteiger partial charge in [-0.25, -0.2) is 9.69 Å². The van der Waals surface area contributed by atoms with Crippen LogP contribution in [0.2, 0.25) is 0 Å². The average molecular weight is 373 g/mol. The molecule has 6 nitrogen and oxygen atoms in total. The molecule has 3 rings (SSSR count). The van der Waals surface area contributed by atoms with Crippen LogP contribution in [0.3, 0.4) is 0 Å². The minimum Gasteiger partial charge on any atom is -0.456 e. The van der Waals surface area contributed by atoms with Crippen molar-refractivity contribution in [2.45, 2.75) is 46.8 Å². The van der Waals surface area contributed by atoms with Crippen molar-refractivity contribution in [2.75, 3.05) is 6.61 Å². The van der Waals surface area contributed by atoms with Crippen LogP contribution in [-0.4, -0.2) is 35.5 Å². The van der Waals surface area contributed by atoms with Crippen LogP contribution in [0.15, 0.2) is 30.3 Å². The lowest BCUT2D eigenvalue weighted by Crippen LogP contribution is -2.48. The zero-order valence-corrected chi connectivity index (χ0v) is 16.5. The standard InChI is InChI=1S/C21H27NO5/c1-12(2)14-11-26-20(25)22(14)18(23)15-16(21(3,4)5)19(24)27-17(15)13-9-7-6-8-10-13/h6-10,12,14-17H,11H2,1-5H3/t14-,15-,16-,17-/m1/s1. The van der Waals surface area contributed by atoms with Crippen LogP contribution in [0, 0.1) is 23.2 Å². The van der Waals surface area contributed by atoms with Gasteiger partial charge >= 0.3 is 12.1 Å². The number of carbonyl (C=O) groups excluding carboxylic acids is 3. The highest BCUT2D eigenvalue weighted by molar-refractivity contribution is 5.98. The van der Waals surface area contributed by atoms with Crippen LogP contribution in [0.4, 0.5) is 4.79 Å². The first-order valence-corrected chi connectivity index (χ1v) is 9.38. The summed E-state index contributed by atoms with van der Waals surface area (Å²) in [7, 11) is 0. The third-order valence-corrected chi connectivity index (χ3v) is 5.44.